The average Bonchev–Trinajstić information content (AvgIpc) is 2.49. The van der Waals surface area contributed by atoms with E-state index in [1.165, 1.54) is 0 Å². The number of hydrogen-bond donors (Lipinski definition) is 0. The molecule has 0 aromatic carbocycles. The molecule has 0 radical (unpaired) electrons. The van der Waals surface area contributed by atoms with E-state index in [0.717, 1.165) is 52.4 Å². The van der Waals surface area contributed by atoms with Crippen LogP contribution in [-0.4, -0.2) is 96.6 Å². The van der Waals surface area contributed by atoms with E-state index >= 15 is 0 Å². The van der Waals surface area contributed by atoms with Crippen LogP contribution in [0.4, 0.5) is 11.9 Å². The second kappa shape index (κ2) is 5.84. The molecule has 20 heavy (non-hydrogen) atoms. The maximum absolute atomic E-state index is 4.25. The highest BCUT2D eigenvalue weighted by atomic mass is 15.5. The van der Waals surface area contributed by atoms with Crippen LogP contribution in [0.2, 0.25) is 0 Å². The summed E-state index contributed by atoms with van der Waals surface area (Å²) in [5, 5.41) is 17.0. The Balaban J connectivity index is 1.62. The van der Waals surface area contributed by atoms with E-state index < -0.39 is 0 Å². The molecule has 0 unspecified atom stereocenters. The first-order valence-corrected chi connectivity index (χ1v) is 7.17. The minimum Gasteiger partial charge on any atom is -0.336 e. The molecule has 2 saturated heterocycles. The first kappa shape index (κ1) is 13.4. The highest BCUT2D eigenvalue weighted by Gasteiger charge is 2.20. The van der Waals surface area contributed by atoms with E-state index in [0.29, 0.717) is 11.9 Å². The summed E-state index contributed by atoms with van der Waals surface area (Å²) in [4.78, 5) is 8.90. The molecular weight excluding hydrogens is 256 g/mol. The van der Waals surface area contributed by atoms with Crippen LogP contribution in [0.1, 0.15) is 0 Å². The molecule has 3 heterocycles. The molecule has 2 fully saturated rings. The molecular formula is C12H22N8. The van der Waals surface area contributed by atoms with Crippen molar-refractivity contribution in [3.63, 3.8) is 0 Å². The Bertz CT molecular complexity index is 379. The number of hydrogen-bond acceptors (Lipinski definition) is 8. The number of nitrogens with zero attached hydrogens (tertiary/aromatic N) is 8. The number of likely N-dealkylation sites (N-methyl/N-ethyl adjacent to an activating group) is 2. The molecule has 0 bridgehead atoms. The van der Waals surface area contributed by atoms with Crippen molar-refractivity contribution in [2.75, 3.05) is 76.3 Å². The maximum atomic E-state index is 4.25. The highest BCUT2D eigenvalue weighted by molar-refractivity contribution is 5.32. The van der Waals surface area contributed by atoms with Crippen LogP contribution >= 0.6 is 0 Å². The highest BCUT2D eigenvalue weighted by Crippen LogP contribution is 2.11. The van der Waals surface area contributed by atoms with Gasteiger partial charge in [-0.1, -0.05) is 0 Å². The van der Waals surface area contributed by atoms with Gasteiger partial charge in [0.25, 0.3) is 11.9 Å². The smallest absolute Gasteiger partial charge is 0.264 e. The minimum absolute atomic E-state index is 0.649. The molecule has 110 valence electrons. The third-order valence-corrected chi connectivity index (χ3v) is 4.03. The van der Waals surface area contributed by atoms with Gasteiger partial charge in [-0.3, -0.25) is 0 Å². The Morgan fingerprint density at radius 3 is 1.15 bits per heavy atom. The molecule has 1 aromatic heterocycles. The molecule has 0 N–H and O–H groups in total. The summed E-state index contributed by atoms with van der Waals surface area (Å²) in [5.41, 5.74) is 0. The zero-order chi connectivity index (χ0) is 13.9. The first-order valence-electron chi connectivity index (χ1n) is 7.17. The van der Waals surface area contributed by atoms with Crippen molar-refractivity contribution in [3.8, 4) is 0 Å². The predicted octanol–water partition coefficient (Wildman–Crippen LogP) is -1.23. The van der Waals surface area contributed by atoms with Crippen molar-refractivity contribution >= 4 is 11.9 Å². The molecule has 0 amide bonds. The Morgan fingerprint density at radius 1 is 0.550 bits per heavy atom. The fraction of sp³-hybridized carbons (Fsp3) is 0.833. The van der Waals surface area contributed by atoms with Gasteiger partial charge in [0, 0.05) is 52.4 Å². The van der Waals surface area contributed by atoms with Gasteiger partial charge < -0.3 is 19.6 Å². The molecule has 0 saturated carbocycles. The molecule has 1 aromatic rings. The third-order valence-electron chi connectivity index (χ3n) is 4.03. The summed E-state index contributed by atoms with van der Waals surface area (Å²) in [6.07, 6.45) is 0. The quantitative estimate of drug-likeness (QED) is 0.666. The zero-order valence-corrected chi connectivity index (χ0v) is 12.2. The van der Waals surface area contributed by atoms with Gasteiger partial charge in [-0.15, -0.1) is 20.4 Å². The van der Waals surface area contributed by atoms with Crippen LogP contribution in [0.3, 0.4) is 0 Å². The topological polar surface area (TPSA) is 64.5 Å². The lowest BCUT2D eigenvalue weighted by molar-refractivity contribution is 0.308. The van der Waals surface area contributed by atoms with Crippen molar-refractivity contribution in [1.82, 2.24) is 30.2 Å². The van der Waals surface area contributed by atoms with Gasteiger partial charge >= 0.3 is 0 Å². The number of piperazine rings is 2. The van der Waals surface area contributed by atoms with E-state index in [4.69, 9.17) is 0 Å². The Hall–Kier alpha value is -1.54. The Labute approximate surface area is 119 Å². The summed E-state index contributed by atoms with van der Waals surface area (Å²) in [7, 11) is 4.26. The maximum Gasteiger partial charge on any atom is 0.264 e. The summed E-state index contributed by atoms with van der Waals surface area (Å²) < 4.78 is 0. The van der Waals surface area contributed by atoms with Crippen molar-refractivity contribution < 1.29 is 0 Å². The van der Waals surface area contributed by atoms with Gasteiger partial charge in [0.15, 0.2) is 0 Å². The SMILES string of the molecule is CN1CCN(c2nnc(N3CCN(C)CC3)nn2)CC1. The largest absolute Gasteiger partial charge is 0.336 e. The molecule has 3 rings (SSSR count). The Kier molecular flexibility index (Phi) is 3.93. The average molecular weight is 278 g/mol. The predicted molar refractivity (Wildman–Crippen MR) is 77.0 cm³/mol. The Morgan fingerprint density at radius 2 is 0.850 bits per heavy atom. The van der Waals surface area contributed by atoms with E-state index in [1.54, 1.807) is 0 Å². The van der Waals surface area contributed by atoms with Gasteiger partial charge in [0.05, 0.1) is 0 Å². The summed E-state index contributed by atoms with van der Waals surface area (Å²) >= 11 is 0. The van der Waals surface area contributed by atoms with Gasteiger partial charge in [0.1, 0.15) is 0 Å². The van der Waals surface area contributed by atoms with Crippen LogP contribution in [0.25, 0.3) is 0 Å². The number of aromatic nitrogens is 4. The van der Waals surface area contributed by atoms with Crippen molar-refractivity contribution in [2.24, 2.45) is 0 Å². The molecule has 8 nitrogen and oxygen atoms in total. The van der Waals surface area contributed by atoms with Crippen LogP contribution in [0.15, 0.2) is 0 Å². The fourth-order valence-corrected chi connectivity index (χ4v) is 2.48. The minimum atomic E-state index is 0.649. The molecule has 0 atom stereocenters. The monoisotopic (exact) mass is 278 g/mol. The molecule has 0 spiro atoms. The standard InChI is InChI=1S/C12H22N8/c1-17-3-7-19(8-4-17)11-13-15-12(16-14-11)20-9-5-18(2)6-10-20/h3-10H2,1-2H3. The van der Waals surface area contributed by atoms with Crippen LogP contribution < -0.4 is 9.80 Å². The fourth-order valence-electron chi connectivity index (χ4n) is 2.48. The number of anilines is 2. The molecule has 0 aliphatic carbocycles. The summed E-state index contributed by atoms with van der Waals surface area (Å²) in [6, 6.07) is 0. The normalized spacial score (nSPS) is 22.3. The zero-order valence-electron chi connectivity index (χ0n) is 12.2. The summed E-state index contributed by atoms with van der Waals surface area (Å²) in [6.45, 7) is 7.88. The second-order valence-corrected chi connectivity index (χ2v) is 5.58. The van der Waals surface area contributed by atoms with Gasteiger partial charge in [0.2, 0.25) is 0 Å². The lowest BCUT2D eigenvalue weighted by Gasteiger charge is -2.33. The van der Waals surface area contributed by atoms with Crippen molar-refractivity contribution in [3.05, 3.63) is 0 Å². The van der Waals surface area contributed by atoms with Crippen molar-refractivity contribution in [1.29, 1.82) is 0 Å². The van der Waals surface area contributed by atoms with E-state index in [-0.39, 0.29) is 0 Å². The van der Waals surface area contributed by atoms with E-state index in [1.807, 2.05) is 0 Å². The number of rotatable bonds is 2. The van der Waals surface area contributed by atoms with E-state index in [2.05, 4.69) is 54.1 Å². The molecule has 2 aliphatic rings. The van der Waals surface area contributed by atoms with E-state index in [9.17, 15) is 0 Å². The molecule has 2 aliphatic heterocycles. The van der Waals surface area contributed by atoms with Crippen LogP contribution in [-0.2, 0) is 0 Å². The van der Waals surface area contributed by atoms with Crippen LogP contribution in [0, 0.1) is 0 Å². The van der Waals surface area contributed by atoms with Crippen LogP contribution in [0.5, 0.6) is 0 Å². The van der Waals surface area contributed by atoms with Gasteiger partial charge in [-0.2, -0.15) is 0 Å². The first-order chi connectivity index (χ1) is 9.72. The lowest BCUT2D eigenvalue weighted by Crippen LogP contribution is -2.46. The van der Waals surface area contributed by atoms with Gasteiger partial charge in [-0.05, 0) is 14.1 Å². The lowest BCUT2D eigenvalue weighted by atomic mass is 10.3. The van der Waals surface area contributed by atoms with Gasteiger partial charge in [-0.25, -0.2) is 0 Å². The second-order valence-electron chi connectivity index (χ2n) is 5.58. The summed E-state index contributed by atoms with van der Waals surface area (Å²) in [5.74, 6) is 1.30. The third kappa shape index (κ3) is 2.96. The van der Waals surface area contributed by atoms with Crippen molar-refractivity contribution in [2.45, 2.75) is 0 Å². The molecule has 8 heteroatoms.